The van der Waals surface area contributed by atoms with Gasteiger partial charge in [-0.25, -0.2) is 0 Å². The number of dihydropyridines is 1. The first-order valence-corrected chi connectivity index (χ1v) is 3.24. The molecule has 0 saturated heterocycles. The molecule has 0 bridgehead atoms. The maximum absolute atomic E-state index is 3.95. The summed E-state index contributed by atoms with van der Waals surface area (Å²) < 4.78 is 0. The van der Waals surface area contributed by atoms with Crippen LogP contribution in [0, 0.1) is 0 Å². The van der Waals surface area contributed by atoms with Gasteiger partial charge >= 0.3 is 0 Å². The van der Waals surface area contributed by atoms with Crippen LogP contribution in [0.15, 0.2) is 29.3 Å². The van der Waals surface area contributed by atoms with Crippen molar-refractivity contribution in [2.45, 2.75) is 13.8 Å². The molecule has 0 N–H and O–H groups in total. The van der Waals surface area contributed by atoms with Crippen LogP contribution in [0.1, 0.15) is 13.8 Å². The van der Waals surface area contributed by atoms with Gasteiger partial charge in [0.2, 0.25) is 0 Å². The van der Waals surface area contributed by atoms with Gasteiger partial charge in [0, 0.05) is 6.21 Å². The Morgan fingerprint density at radius 2 is 2.22 bits per heavy atom. The van der Waals surface area contributed by atoms with E-state index >= 15 is 0 Å². The van der Waals surface area contributed by atoms with Crippen molar-refractivity contribution >= 4 is 6.21 Å². The highest BCUT2D eigenvalue weighted by molar-refractivity contribution is 5.73. The van der Waals surface area contributed by atoms with E-state index in [1.807, 2.05) is 26.0 Å². The number of aliphatic imine (C=N–C) groups is 1. The van der Waals surface area contributed by atoms with E-state index < -0.39 is 0 Å². The fourth-order valence-electron chi connectivity index (χ4n) is 0.463. The van der Waals surface area contributed by atoms with E-state index in [2.05, 4.69) is 11.6 Å². The van der Waals surface area contributed by atoms with Crippen molar-refractivity contribution in [3.63, 3.8) is 0 Å². The molecule has 0 aromatic carbocycles. The van der Waals surface area contributed by atoms with Gasteiger partial charge in [0.05, 0.1) is 6.54 Å². The van der Waals surface area contributed by atoms with Gasteiger partial charge in [-0.05, 0) is 11.6 Å². The highest BCUT2D eigenvalue weighted by atomic mass is 14.7. The van der Waals surface area contributed by atoms with Crippen LogP contribution in [-0.4, -0.2) is 12.8 Å². The van der Waals surface area contributed by atoms with Gasteiger partial charge in [0.1, 0.15) is 0 Å². The third-order valence-corrected chi connectivity index (χ3v) is 0.818. The Morgan fingerprint density at radius 1 is 1.56 bits per heavy atom. The topological polar surface area (TPSA) is 12.4 Å². The van der Waals surface area contributed by atoms with E-state index in [0.717, 1.165) is 12.1 Å². The number of allylic oxidation sites excluding steroid dienone is 1. The molecule has 1 aliphatic heterocycles. The largest absolute Gasteiger partial charge is 0.288 e. The molecule has 0 unspecified atom stereocenters. The van der Waals surface area contributed by atoms with Crippen molar-refractivity contribution in [3.8, 4) is 0 Å². The normalized spacial score (nSPS) is 14.7. The molecule has 0 aromatic rings. The minimum Gasteiger partial charge on any atom is -0.288 e. The molecule has 0 radical (unpaired) electrons. The highest BCUT2D eigenvalue weighted by Gasteiger charge is 1.85. The minimum atomic E-state index is 0.774. The zero-order chi connectivity index (χ0) is 7.11. The zero-order valence-corrected chi connectivity index (χ0v) is 6.09. The Hall–Kier alpha value is -0.850. The summed E-state index contributed by atoms with van der Waals surface area (Å²) in [7, 11) is 0. The fourth-order valence-corrected chi connectivity index (χ4v) is 0.463. The van der Waals surface area contributed by atoms with Crippen LogP contribution >= 0.6 is 0 Å². The van der Waals surface area contributed by atoms with Crippen LogP contribution < -0.4 is 0 Å². The molecule has 1 heterocycles. The predicted octanol–water partition coefficient (Wildman–Crippen LogP) is 2.21. The summed E-state index contributed by atoms with van der Waals surface area (Å²) in [5.74, 6) is 0. The van der Waals surface area contributed by atoms with Crippen molar-refractivity contribution in [2.24, 2.45) is 4.99 Å². The molecule has 0 aliphatic carbocycles. The molecular weight excluding hydrogens is 110 g/mol. The maximum atomic E-state index is 3.95. The average Bonchev–Trinajstić information content (AvgIpc) is 1.94. The monoisotopic (exact) mass is 123 g/mol. The van der Waals surface area contributed by atoms with Gasteiger partial charge < -0.3 is 0 Å². The van der Waals surface area contributed by atoms with Crippen molar-refractivity contribution in [2.75, 3.05) is 6.54 Å². The molecule has 0 amide bonds. The van der Waals surface area contributed by atoms with Gasteiger partial charge in [0.25, 0.3) is 0 Å². The number of hydrogen-bond donors (Lipinski definition) is 0. The van der Waals surface area contributed by atoms with Gasteiger partial charge in [-0.2, -0.15) is 0 Å². The van der Waals surface area contributed by atoms with Crippen LogP contribution in [-0.2, 0) is 0 Å². The van der Waals surface area contributed by atoms with Crippen molar-refractivity contribution in [1.29, 1.82) is 0 Å². The molecule has 1 heteroatoms. The fraction of sp³-hybridized carbons (Fsp3) is 0.375. The highest BCUT2D eigenvalue weighted by Crippen LogP contribution is 1.95. The Balaban J connectivity index is 0.000000291. The summed E-state index contributed by atoms with van der Waals surface area (Å²) in [6, 6.07) is 0. The van der Waals surface area contributed by atoms with Crippen LogP contribution in [0.5, 0.6) is 0 Å². The minimum absolute atomic E-state index is 0.774. The van der Waals surface area contributed by atoms with Crippen molar-refractivity contribution < 1.29 is 0 Å². The lowest BCUT2D eigenvalue weighted by Gasteiger charge is -1.94. The lowest BCUT2D eigenvalue weighted by molar-refractivity contribution is 1.19. The molecule has 1 aliphatic rings. The molecule has 9 heavy (non-hydrogen) atoms. The molecule has 0 saturated carbocycles. The van der Waals surface area contributed by atoms with E-state index in [1.165, 1.54) is 0 Å². The standard InChI is InChI=1S/C6H7N.C2H6/c1-6-3-2-4-7-5-6;1-2/h2-4H,1,5H2;1-2H3. The summed E-state index contributed by atoms with van der Waals surface area (Å²) >= 11 is 0. The second-order valence-electron chi connectivity index (χ2n) is 1.51. The molecule has 0 aromatic heterocycles. The second-order valence-corrected chi connectivity index (χ2v) is 1.51. The Bertz CT molecular complexity index is 132. The number of rotatable bonds is 0. The Kier molecular flexibility index (Phi) is 4.79. The van der Waals surface area contributed by atoms with Gasteiger partial charge in [-0.3, -0.25) is 4.99 Å². The van der Waals surface area contributed by atoms with E-state index in [9.17, 15) is 0 Å². The van der Waals surface area contributed by atoms with E-state index in [0.29, 0.717) is 0 Å². The quantitative estimate of drug-likeness (QED) is 0.468. The molecule has 1 nitrogen and oxygen atoms in total. The second kappa shape index (κ2) is 5.29. The first kappa shape index (κ1) is 8.15. The maximum Gasteiger partial charge on any atom is 0.0634 e. The Labute approximate surface area is 56.8 Å². The SMILES string of the molecule is C=C1C=CC=NC1.CC. The third-order valence-electron chi connectivity index (χ3n) is 0.818. The van der Waals surface area contributed by atoms with Crippen LogP contribution in [0.3, 0.4) is 0 Å². The van der Waals surface area contributed by atoms with E-state index in [-0.39, 0.29) is 0 Å². The molecule has 1 rings (SSSR count). The summed E-state index contributed by atoms with van der Waals surface area (Å²) in [5, 5.41) is 0. The van der Waals surface area contributed by atoms with Gasteiger partial charge in [0.15, 0.2) is 0 Å². The van der Waals surface area contributed by atoms with Crippen LogP contribution in [0.25, 0.3) is 0 Å². The van der Waals surface area contributed by atoms with E-state index in [1.54, 1.807) is 6.21 Å². The molecule has 0 atom stereocenters. The van der Waals surface area contributed by atoms with E-state index in [4.69, 9.17) is 0 Å². The number of hydrogen-bond acceptors (Lipinski definition) is 1. The smallest absolute Gasteiger partial charge is 0.0634 e. The lowest BCUT2D eigenvalue weighted by atomic mass is 10.2. The zero-order valence-electron chi connectivity index (χ0n) is 6.09. The summed E-state index contributed by atoms with van der Waals surface area (Å²) in [5.41, 5.74) is 1.09. The average molecular weight is 123 g/mol. The molecule has 0 spiro atoms. The summed E-state index contributed by atoms with van der Waals surface area (Å²) in [6.45, 7) is 8.49. The third kappa shape index (κ3) is 3.71. The summed E-state index contributed by atoms with van der Waals surface area (Å²) in [4.78, 5) is 3.95. The van der Waals surface area contributed by atoms with Crippen LogP contribution in [0.2, 0.25) is 0 Å². The molecule has 50 valence electrons. The number of nitrogens with zero attached hydrogens (tertiary/aromatic N) is 1. The molecular formula is C8H13N. The van der Waals surface area contributed by atoms with Gasteiger partial charge in [-0.15, -0.1) is 0 Å². The van der Waals surface area contributed by atoms with Crippen molar-refractivity contribution in [1.82, 2.24) is 0 Å². The first-order chi connectivity index (χ1) is 4.39. The van der Waals surface area contributed by atoms with Crippen LogP contribution in [0.4, 0.5) is 0 Å². The van der Waals surface area contributed by atoms with Crippen molar-refractivity contribution in [3.05, 3.63) is 24.3 Å². The Morgan fingerprint density at radius 3 is 2.44 bits per heavy atom. The summed E-state index contributed by atoms with van der Waals surface area (Å²) in [6.07, 6.45) is 5.65. The van der Waals surface area contributed by atoms with Gasteiger partial charge in [-0.1, -0.05) is 26.5 Å². The molecule has 0 fully saturated rings. The lowest BCUT2D eigenvalue weighted by Crippen LogP contribution is -1.86. The predicted molar refractivity (Wildman–Crippen MR) is 43.0 cm³/mol. The first-order valence-electron chi connectivity index (χ1n) is 3.24.